The molecule has 0 fully saturated rings. The summed E-state index contributed by atoms with van der Waals surface area (Å²) in [6, 6.07) is 0. The van der Waals surface area contributed by atoms with E-state index in [0.717, 1.165) is 0 Å². The van der Waals surface area contributed by atoms with Crippen LogP contribution in [-0.2, 0) is 10.1 Å². The van der Waals surface area contributed by atoms with Crippen molar-refractivity contribution in [3.05, 3.63) is 0 Å². The van der Waals surface area contributed by atoms with Gasteiger partial charge in [0.2, 0.25) is 0 Å². The van der Waals surface area contributed by atoms with Gasteiger partial charge in [0.15, 0.2) is 0 Å². The Balaban J connectivity index is 4.57. The second-order valence-electron chi connectivity index (χ2n) is 2.07. The molecule has 1 atom stereocenters. The van der Waals surface area contributed by atoms with Gasteiger partial charge in [-0.3, -0.25) is 4.55 Å². The minimum absolute atomic E-state index is 1.07. The van der Waals surface area contributed by atoms with Gasteiger partial charge in [0, 0.05) is 13.0 Å². The summed E-state index contributed by atoms with van der Waals surface area (Å²) in [5.74, 6) is -4.26. The molecule has 0 radical (unpaired) electrons. The molecule has 8 heteroatoms. The number of hydrogen-bond donors (Lipinski definition) is 2. The molecule has 0 rings (SSSR count). The third-order valence-corrected chi connectivity index (χ3v) is 1.91. The van der Waals surface area contributed by atoms with Crippen molar-refractivity contribution < 1.29 is 31.2 Å². The molecule has 0 saturated heterocycles. The largest absolute Gasteiger partial charge is 0.396 e. The van der Waals surface area contributed by atoms with Gasteiger partial charge >= 0.3 is 10.1 Å². The predicted molar refractivity (Wildman–Crippen MR) is 33.1 cm³/mol. The molecule has 0 aromatic carbocycles. The number of aliphatic hydroxyl groups is 1. The van der Waals surface area contributed by atoms with E-state index in [1.807, 2.05) is 0 Å². The smallest absolute Gasteiger partial charge is 0.303 e. The quantitative estimate of drug-likeness (QED) is 0.646. The van der Waals surface area contributed by atoms with Crippen LogP contribution in [-0.4, -0.2) is 36.1 Å². The van der Waals surface area contributed by atoms with E-state index in [2.05, 4.69) is 0 Å². The number of halogens is 3. The van der Waals surface area contributed by atoms with Crippen LogP contribution < -0.4 is 0 Å². The maximum Gasteiger partial charge on any atom is 0.303 e. The van der Waals surface area contributed by atoms with Gasteiger partial charge in [-0.05, 0) is 0 Å². The fraction of sp³-hybridized carbons (Fsp3) is 1.00. The highest BCUT2D eigenvalue weighted by atomic mass is 32.2. The summed E-state index contributed by atoms with van der Waals surface area (Å²) in [5, 5.41) is 7.99. The van der Waals surface area contributed by atoms with Crippen molar-refractivity contribution in [1.29, 1.82) is 0 Å². The first-order valence-corrected chi connectivity index (χ1v) is 4.31. The van der Waals surface area contributed by atoms with E-state index < -0.39 is 34.6 Å². The molecule has 0 aromatic rings. The Kier molecular flexibility index (Phi) is 3.48. The summed E-state index contributed by atoms with van der Waals surface area (Å²) in [4.78, 5) is 0. The van der Waals surface area contributed by atoms with E-state index in [9.17, 15) is 21.6 Å². The molecular formula is C4H7F3O4S. The lowest BCUT2D eigenvalue weighted by atomic mass is 10.3. The number of aliphatic hydroxyl groups excluding tert-OH is 1. The fourth-order valence-electron chi connectivity index (χ4n) is 0.480. The van der Waals surface area contributed by atoms with Crippen LogP contribution in [0.4, 0.5) is 13.2 Å². The van der Waals surface area contributed by atoms with Gasteiger partial charge < -0.3 is 5.11 Å². The van der Waals surface area contributed by atoms with Crippen molar-refractivity contribution >= 4 is 10.1 Å². The van der Waals surface area contributed by atoms with E-state index >= 15 is 0 Å². The minimum Gasteiger partial charge on any atom is -0.396 e. The van der Waals surface area contributed by atoms with Crippen molar-refractivity contribution in [2.24, 2.45) is 0 Å². The Bertz CT molecular complexity index is 237. The van der Waals surface area contributed by atoms with Crippen molar-refractivity contribution in [3.8, 4) is 0 Å². The second kappa shape index (κ2) is 3.58. The maximum atomic E-state index is 12.2. The third-order valence-electron chi connectivity index (χ3n) is 1.04. The summed E-state index contributed by atoms with van der Waals surface area (Å²) < 4.78 is 64.3. The normalized spacial score (nSPS) is 16.1. The lowest BCUT2D eigenvalue weighted by Crippen LogP contribution is -2.37. The van der Waals surface area contributed by atoms with Crippen LogP contribution in [0.3, 0.4) is 0 Å². The first-order valence-electron chi connectivity index (χ1n) is 2.81. The SMILES string of the molecule is O=S(=O)(O)C(F)C(F)(F)CCO. The van der Waals surface area contributed by atoms with Crippen LogP contribution in [0.25, 0.3) is 0 Å². The van der Waals surface area contributed by atoms with Crippen LogP contribution in [0.1, 0.15) is 6.42 Å². The number of hydrogen-bond acceptors (Lipinski definition) is 3. The first-order chi connectivity index (χ1) is 5.22. The predicted octanol–water partition coefficient (Wildman–Crippen LogP) is 0.188. The van der Waals surface area contributed by atoms with Gasteiger partial charge in [-0.25, -0.2) is 13.2 Å². The standard InChI is InChI=1S/C4H7F3O4S/c5-3(12(9,10)11)4(6,7)1-2-8/h3,8H,1-2H2,(H,9,10,11). The van der Waals surface area contributed by atoms with Crippen molar-refractivity contribution in [2.75, 3.05) is 6.61 Å². The van der Waals surface area contributed by atoms with Crippen LogP contribution in [0.5, 0.6) is 0 Å². The highest BCUT2D eigenvalue weighted by Crippen LogP contribution is 2.28. The molecule has 0 aliphatic rings. The van der Waals surface area contributed by atoms with Gasteiger partial charge in [0.05, 0.1) is 0 Å². The highest BCUT2D eigenvalue weighted by molar-refractivity contribution is 7.86. The van der Waals surface area contributed by atoms with Crippen LogP contribution >= 0.6 is 0 Å². The summed E-state index contributed by atoms with van der Waals surface area (Å²) >= 11 is 0. The fourth-order valence-corrected chi connectivity index (χ4v) is 1.03. The Morgan fingerprint density at radius 3 is 2.08 bits per heavy atom. The molecule has 2 N–H and O–H groups in total. The topological polar surface area (TPSA) is 74.6 Å². The van der Waals surface area contributed by atoms with Crippen LogP contribution in [0.2, 0.25) is 0 Å². The lowest BCUT2D eigenvalue weighted by molar-refractivity contribution is -0.0597. The molecule has 0 aliphatic carbocycles. The van der Waals surface area contributed by atoms with Gasteiger partial charge in [-0.15, -0.1) is 0 Å². The van der Waals surface area contributed by atoms with Crippen LogP contribution in [0.15, 0.2) is 0 Å². The second-order valence-corrected chi connectivity index (χ2v) is 3.51. The van der Waals surface area contributed by atoms with Gasteiger partial charge in [0.25, 0.3) is 11.4 Å². The summed E-state index contributed by atoms with van der Waals surface area (Å²) in [7, 11) is -5.41. The van der Waals surface area contributed by atoms with Crippen LogP contribution in [0, 0.1) is 0 Å². The third kappa shape index (κ3) is 2.95. The van der Waals surface area contributed by atoms with Gasteiger partial charge in [0.1, 0.15) is 0 Å². The van der Waals surface area contributed by atoms with Gasteiger partial charge in [-0.1, -0.05) is 0 Å². The Labute approximate surface area is 66.8 Å². The Morgan fingerprint density at radius 1 is 1.42 bits per heavy atom. The molecular weight excluding hydrogens is 201 g/mol. The average molecular weight is 208 g/mol. The molecule has 0 aliphatic heterocycles. The molecule has 0 amide bonds. The molecule has 0 saturated carbocycles. The van der Waals surface area contributed by atoms with E-state index in [0.29, 0.717) is 0 Å². The Morgan fingerprint density at radius 2 is 1.83 bits per heavy atom. The number of rotatable bonds is 4. The van der Waals surface area contributed by atoms with E-state index in [1.165, 1.54) is 0 Å². The van der Waals surface area contributed by atoms with E-state index in [1.54, 1.807) is 0 Å². The van der Waals surface area contributed by atoms with Crippen molar-refractivity contribution in [3.63, 3.8) is 0 Å². The van der Waals surface area contributed by atoms with E-state index in [-0.39, 0.29) is 0 Å². The molecule has 0 heterocycles. The minimum atomic E-state index is -5.41. The molecule has 12 heavy (non-hydrogen) atoms. The summed E-state index contributed by atoms with van der Waals surface area (Å²) in [6.07, 6.45) is -1.35. The van der Waals surface area contributed by atoms with Crippen molar-refractivity contribution in [2.45, 2.75) is 17.8 Å². The molecule has 0 bridgehead atoms. The summed E-state index contributed by atoms with van der Waals surface area (Å²) in [6.45, 7) is -1.07. The molecule has 0 aromatic heterocycles. The highest BCUT2D eigenvalue weighted by Gasteiger charge is 2.47. The van der Waals surface area contributed by atoms with Crippen molar-refractivity contribution in [1.82, 2.24) is 0 Å². The van der Waals surface area contributed by atoms with Gasteiger partial charge in [-0.2, -0.15) is 8.42 Å². The molecule has 0 spiro atoms. The monoisotopic (exact) mass is 208 g/mol. The first kappa shape index (κ1) is 11.7. The summed E-state index contributed by atoms with van der Waals surface area (Å²) in [5.41, 5.74) is -3.68. The molecule has 1 unspecified atom stereocenters. The average Bonchev–Trinajstić information content (AvgIpc) is 1.84. The number of alkyl halides is 3. The zero-order chi connectivity index (χ0) is 9.99. The molecule has 74 valence electrons. The maximum absolute atomic E-state index is 12.2. The Hall–Kier alpha value is -0.340. The zero-order valence-electron chi connectivity index (χ0n) is 5.74. The molecule has 4 nitrogen and oxygen atoms in total. The zero-order valence-corrected chi connectivity index (χ0v) is 6.56. The van der Waals surface area contributed by atoms with E-state index in [4.69, 9.17) is 9.66 Å². The lowest BCUT2D eigenvalue weighted by Gasteiger charge is -2.16.